The molecule has 0 aliphatic carbocycles. The van der Waals surface area contributed by atoms with Gasteiger partial charge in [-0.2, -0.15) is 4.39 Å². The number of rotatable bonds is 3. The van der Waals surface area contributed by atoms with E-state index in [1.54, 1.807) is 0 Å². The topological polar surface area (TPSA) is 80.4 Å². The minimum absolute atomic E-state index is 0.286. The maximum Gasteiger partial charge on any atom is 0.335 e. The molecule has 1 N–H and O–H groups in total. The quantitative estimate of drug-likeness (QED) is 0.693. The molecule has 1 heterocycles. The number of carboxylic acid groups (broad SMARTS) is 1. The van der Waals surface area contributed by atoms with Gasteiger partial charge in [0.1, 0.15) is 5.82 Å². The van der Waals surface area contributed by atoms with Gasteiger partial charge < -0.3 is 5.11 Å². The summed E-state index contributed by atoms with van der Waals surface area (Å²) in [6.45, 7) is 0. The van der Waals surface area contributed by atoms with Gasteiger partial charge in [-0.1, -0.05) is 0 Å². The molecule has 0 amide bonds. The molecule has 0 saturated heterocycles. The summed E-state index contributed by atoms with van der Waals surface area (Å²) in [5.74, 6) is -2.31. The summed E-state index contributed by atoms with van der Waals surface area (Å²) in [5, 5.41) is 19.6. The van der Waals surface area contributed by atoms with Gasteiger partial charge in [0.2, 0.25) is 0 Å². The van der Waals surface area contributed by atoms with E-state index < -0.39 is 33.1 Å². The Labute approximate surface area is 108 Å². The number of nitro benzene ring substituents is 1. The van der Waals surface area contributed by atoms with Gasteiger partial charge in [-0.3, -0.25) is 10.1 Å². The van der Waals surface area contributed by atoms with Crippen LogP contribution in [0, 0.1) is 21.1 Å². The molecule has 0 spiro atoms. The lowest BCUT2D eigenvalue weighted by Gasteiger charge is -2.03. The second kappa shape index (κ2) is 4.73. The minimum atomic E-state index is -1.34. The minimum Gasteiger partial charge on any atom is -0.478 e. The van der Waals surface area contributed by atoms with Crippen LogP contribution in [0.25, 0.3) is 11.1 Å². The highest BCUT2D eigenvalue weighted by Crippen LogP contribution is 2.36. The fourth-order valence-corrected chi connectivity index (χ4v) is 2.23. The number of nitrogens with zero attached hydrogens (tertiary/aromatic N) is 1. The lowest BCUT2D eigenvalue weighted by molar-refractivity contribution is -0.384. The van der Waals surface area contributed by atoms with Crippen molar-refractivity contribution in [2.45, 2.75) is 0 Å². The van der Waals surface area contributed by atoms with Crippen molar-refractivity contribution in [1.29, 1.82) is 0 Å². The molecule has 0 fully saturated rings. The standard InChI is InChI=1S/C11H5F2NO4S/c12-7-4-19-10(13)9(7)6-3-5(11(15)16)1-2-8(6)14(17)18/h1-4H,(H,15,16). The number of hydrogen-bond acceptors (Lipinski definition) is 4. The lowest BCUT2D eigenvalue weighted by atomic mass is 10.0. The van der Waals surface area contributed by atoms with Crippen LogP contribution in [-0.4, -0.2) is 16.0 Å². The van der Waals surface area contributed by atoms with Crippen molar-refractivity contribution in [2.24, 2.45) is 0 Å². The summed E-state index contributed by atoms with van der Waals surface area (Å²) < 4.78 is 27.0. The Morgan fingerprint density at radius 2 is 2.05 bits per heavy atom. The third-order valence-electron chi connectivity index (χ3n) is 2.41. The first-order chi connectivity index (χ1) is 8.91. The summed E-state index contributed by atoms with van der Waals surface area (Å²) in [4.78, 5) is 20.8. The first-order valence-electron chi connectivity index (χ1n) is 4.86. The van der Waals surface area contributed by atoms with Crippen LogP contribution in [0.2, 0.25) is 0 Å². The summed E-state index contributed by atoms with van der Waals surface area (Å²) in [7, 11) is 0. The molecule has 0 saturated carbocycles. The SMILES string of the molecule is O=C(O)c1ccc([N+](=O)[O-])c(-c2c(F)csc2F)c1. The Morgan fingerprint density at radius 1 is 1.37 bits per heavy atom. The average molecular weight is 285 g/mol. The molecule has 98 valence electrons. The molecule has 0 aliphatic heterocycles. The van der Waals surface area contributed by atoms with Crippen molar-refractivity contribution >= 4 is 23.0 Å². The molecular formula is C11H5F2NO4S. The van der Waals surface area contributed by atoms with E-state index in [-0.39, 0.29) is 11.1 Å². The summed E-state index contributed by atoms with van der Waals surface area (Å²) >= 11 is 0.449. The summed E-state index contributed by atoms with van der Waals surface area (Å²) in [6.07, 6.45) is 0. The fourth-order valence-electron chi connectivity index (χ4n) is 1.58. The van der Waals surface area contributed by atoms with Gasteiger partial charge in [0.25, 0.3) is 5.69 Å². The van der Waals surface area contributed by atoms with E-state index in [2.05, 4.69) is 0 Å². The molecule has 0 aliphatic rings. The maximum absolute atomic E-state index is 13.5. The van der Waals surface area contributed by atoms with Crippen molar-refractivity contribution in [3.05, 3.63) is 50.2 Å². The van der Waals surface area contributed by atoms with Crippen LogP contribution in [0.1, 0.15) is 10.4 Å². The zero-order chi connectivity index (χ0) is 14.2. The number of nitro groups is 1. The number of carboxylic acids is 1. The molecule has 1 aromatic heterocycles. The van der Waals surface area contributed by atoms with Crippen LogP contribution < -0.4 is 0 Å². The lowest BCUT2D eigenvalue weighted by Crippen LogP contribution is -2.00. The van der Waals surface area contributed by atoms with Crippen molar-refractivity contribution in [1.82, 2.24) is 0 Å². The largest absolute Gasteiger partial charge is 0.478 e. The fraction of sp³-hybridized carbons (Fsp3) is 0. The molecule has 1 aromatic carbocycles. The zero-order valence-corrected chi connectivity index (χ0v) is 9.91. The van der Waals surface area contributed by atoms with Gasteiger partial charge in [-0.05, 0) is 12.1 Å². The van der Waals surface area contributed by atoms with Crippen LogP contribution in [0.15, 0.2) is 23.6 Å². The average Bonchev–Trinajstić information content (AvgIpc) is 2.68. The highest BCUT2D eigenvalue weighted by atomic mass is 32.1. The third kappa shape index (κ3) is 2.29. The van der Waals surface area contributed by atoms with Gasteiger partial charge in [-0.25, -0.2) is 9.18 Å². The van der Waals surface area contributed by atoms with E-state index in [0.717, 1.165) is 23.6 Å². The molecule has 5 nitrogen and oxygen atoms in total. The Bertz CT molecular complexity index is 664. The number of aromatic carboxylic acids is 1. The van der Waals surface area contributed by atoms with Crippen LogP contribution in [0.4, 0.5) is 14.5 Å². The molecule has 19 heavy (non-hydrogen) atoms. The van der Waals surface area contributed by atoms with E-state index in [1.807, 2.05) is 0 Å². The number of thiophene rings is 1. The molecule has 0 radical (unpaired) electrons. The van der Waals surface area contributed by atoms with Gasteiger partial charge in [-0.15, -0.1) is 11.3 Å². The molecule has 0 unspecified atom stereocenters. The van der Waals surface area contributed by atoms with Gasteiger partial charge >= 0.3 is 5.97 Å². The van der Waals surface area contributed by atoms with Crippen LogP contribution in [0.5, 0.6) is 0 Å². The Balaban J connectivity index is 2.75. The highest BCUT2D eigenvalue weighted by Gasteiger charge is 2.24. The zero-order valence-electron chi connectivity index (χ0n) is 9.09. The first kappa shape index (κ1) is 13.1. The van der Waals surface area contributed by atoms with E-state index in [9.17, 15) is 23.7 Å². The molecule has 2 rings (SSSR count). The second-order valence-electron chi connectivity index (χ2n) is 3.53. The maximum atomic E-state index is 13.5. The Kier molecular flexibility index (Phi) is 3.26. The predicted octanol–water partition coefficient (Wildman–Crippen LogP) is 3.30. The number of halogens is 2. The van der Waals surface area contributed by atoms with Crippen molar-refractivity contribution in [3.8, 4) is 11.1 Å². The normalized spacial score (nSPS) is 10.4. The second-order valence-corrected chi connectivity index (χ2v) is 4.36. The smallest absolute Gasteiger partial charge is 0.335 e. The van der Waals surface area contributed by atoms with Crippen molar-refractivity contribution in [2.75, 3.05) is 0 Å². The van der Waals surface area contributed by atoms with E-state index in [0.29, 0.717) is 11.3 Å². The van der Waals surface area contributed by atoms with Gasteiger partial charge in [0.05, 0.1) is 21.6 Å². The highest BCUT2D eigenvalue weighted by molar-refractivity contribution is 7.08. The number of carbonyl (C=O) groups is 1. The number of benzene rings is 1. The van der Waals surface area contributed by atoms with Gasteiger partial charge in [0, 0.05) is 11.4 Å². The van der Waals surface area contributed by atoms with Gasteiger partial charge in [0.15, 0.2) is 5.13 Å². The van der Waals surface area contributed by atoms with E-state index in [1.165, 1.54) is 0 Å². The number of hydrogen-bond donors (Lipinski definition) is 1. The van der Waals surface area contributed by atoms with Crippen molar-refractivity contribution < 1.29 is 23.6 Å². The molecular weight excluding hydrogens is 280 g/mol. The van der Waals surface area contributed by atoms with Crippen molar-refractivity contribution in [3.63, 3.8) is 0 Å². The Morgan fingerprint density at radius 3 is 2.53 bits per heavy atom. The molecule has 0 atom stereocenters. The van der Waals surface area contributed by atoms with E-state index in [4.69, 9.17) is 5.11 Å². The van der Waals surface area contributed by atoms with Crippen LogP contribution in [-0.2, 0) is 0 Å². The van der Waals surface area contributed by atoms with E-state index >= 15 is 0 Å². The van der Waals surface area contributed by atoms with Crippen LogP contribution in [0.3, 0.4) is 0 Å². The summed E-state index contributed by atoms with van der Waals surface area (Å²) in [5.41, 5.74) is -1.81. The molecule has 0 bridgehead atoms. The molecule has 2 aromatic rings. The summed E-state index contributed by atoms with van der Waals surface area (Å²) in [6, 6.07) is 2.80. The Hall–Kier alpha value is -2.35. The molecule has 8 heteroatoms. The predicted molar refractivity (Wildman–Crippen MR) is 63.3 cm³/mol. The first-order valence-corrected chi connectivity index (χ1v) is 5.74. The van der Waals surface area contributed by atoms with Crippen LogP contribution >= 0.6 is 11.3 Å². The monoisotopic (exact) mass is 285 g/mol. The third-order valence-corrected chi connectivity index (χ3v) is 3.15.